The van der Waals surface area contributed by atoms with Crippen molar-refractivity contribution in [3.63, 3.8) is 0 Å². The summed E-state index contributed by atoms with van der Waals surface area (Å²) in [6, 6.07) is 8.53. The van der Waals surface area contributed by atoms with E-state index in [9.17, 15) is 0 Å². The second-order valence-corrected chi connectivity index (χ2v) is 5.47. The van der Waals surface area contributed by atoms with Crippen molar-refractivity contribution >= 4 is 10.8 Å². The molecule has 1 unspecified atom stereocenters. The van der Waals surface area contributed by atoms with Crippen molar-refractivity contribution in [3.05, 3.63) is 42.2 Å². The van der Waals surface area contributed by atoms with E-state index in [2.05, 4.69) is 39.5 Å². The molecule has 1 aromatic heterocycles. The van der Waals surface area contributed by atoms with Crippen molar-refractivity contribution in [2.75, 3.05) is 26.7 Å². The summed E-state index contributed by atoms with van der Waals surface area (Å²) in [7, 11) is 2.04. The molecule has 1 atom stereocenters. The van der Waals surface area contributed by atoms with Gasteiger partial charge in [0, 0.05) is 30.9 Å². The summed E-state index contributed by atoms with van der Waals surface area (Å²) < 4.78 is 0. The molecule has 19 heavy (non-hydrogen) atoms. The van der Waals surface area contributed by atoms with Crippen LogP contribution in [0, 0.1) is 5.92 Å². The first-order valence-electron chi connectivity index (χ1n) is 7.05. The highest BCUT2D eigenvalue weighted by Crippen LogP contribution is 2.22. The monoisotopic (exact) mass is 255 g/mol. The number of nitrogens with one attached hydrogen (secondary N) is 1. The minimum Gasteiger partial charge on any atom is -0.319 e. The molecule has 0 aliphatic carbocycles. The average Bonchev–Trinajstić information content (AvgIpc) is 2.87. The second-order valence-electron chi connectivity index (χ2n) is 5.47. The summed E-state index contributed by atoms with van der Waals surface area (Å²) in [5, 5.41) is 5.87. The fourth-order valence-electron chi connectivity index (χ4n) is 3.06. The van der Waals surface area contributed by atoms with Gasteiger partial charge in [-0.1, -0.05) is 24.3 Å². The van der Waals surface area contributed by atoms with Crippen LogP contribution in [0.5, 0.6) is 0 Å². The Kier molecular flexibility index (Phi) is 3.76. The molecule has 3 nitrogen and oxygen atoms in total. The van der Waals surface area contributed by atoms with Gasteiger partial charge in [0.15, 0.2) is 0 Å². The lowest BCUT2D eigenvalue weighted by molar-refractivity contribution is 0.316. The maximum atomic E-state index is 4.37. The van der Waals surface area contributed by atoms with E-state index in [1.165, 1.54) is 35.8 Å². The molecule has 1 saturated heterocycles. The third-order valence-electron chi connectivity index (χ3n) is 4.01. The number of hydrogen-bond acceptors (Lipinski definition) is 3. The van der Waals surface area contributed by atoms with Crippen LogP contribution in [-0.4, -0.2) is 36.6 Å². The molecule has 0 bridgehead atoms. The van der Waals surface area contributed by atoms with Crippen molar-refractivity contribution in [1.29, 1.82) is 0 Å². The molecule has 3 heteroatoms. The summed E-state index contributed by atoms with van der Waals surface area (Å²) in [6.45, 7) is 4.55. The van der Waals surface area contributed by atoms with Gasteiger partial charge >= 0.3 is 0 Å². The third kappa shape index (κ3) is 2.77. The second kappa shape index (κ2) is 5.68. The molecular weight excluding hydrogens is 234 g/mol. The highest BCUT2D eigenvalue weighted by Gasteiger charge is 2.22. The Morgan fingerprint density at radius 1 is 1.32 bits per heavy atom. The van der Waals surface area contributed by atoms with Crippen molar-refractivity contribution in [3.8, 4) is 0 Å². The first-order valence-corrected chi connectivity index (χ1v) is 7.05. The quantitative estimate of drug-likeness (QED) is 0.908. The summed E-state index contributed by atoms with van der Waals surface area (Å²) in [6.07, 6.45) is 5.28. The Morgan fingerprint density at radius 3 is 3.11 bits per heavy atom. The van der Waals surface area contributed by atoms with Gasteiger partial charge in [-0.3, -0.25) is 9.88 Å². The smallest absolute Gasteiger partial charge is 0.0346 e. The van der Waals surface area contributed by atoms with Gasteiger partial charge in [0.1, 0.15) is 0 Å². The summed E-state index contributed by atoms with van der Waals surface area (Å²) in [5.74, 6) is 0.799. The molecule has 1 aromatic carbocycles. The number of likely N-dealkylation sites (tertiary alicyclic amines) is 1. The fourth-order valence-corrected chi connectivity index (χ4v) is 3.06. The Hall–Kier alpha value is -1.45. The normalized spacial score (nSPS) is 20.2. The van der Waals surface area contributed by atoms with E-state index in [1.807, 2.05) is 19.4 Å². The molecule has 2 aromatic rings. The van der Waals surface area contributed by atoms with E-state index in [0.29, 0.717) is 0 Å². The Bertz CT molecular complexity index is 547. The van der Waals surface area contributed by atoms with Crippen molar-refractivity contribution < 1.29 is 0 Å². The molecule has 100 valence electrons. The molecular formula is C16H21N3. The zero-order chi connectivity index (χ0) is 13.1. The largest absolute Gasteiger partial charge is 0.319 e. The summed E-state index contributed by atoms with van der Waals surface area (Å²) in [5.41, 5.74) is 1.35. The van der Waals surface area contributed by atoms with Crippen molar-refractivity contribution in [2.45, 2.75) is 13.0 Å². The SMILES string of the molecule is CNCC1CCN(Cc2cncc3ccccc23)C1. The predicted molar refractivity (Wildman–Crippen MR) is 79.1 cm³/mol. The van der Waals surface area contributed by atoms with E-state index in [4.69, 9.17) is 0 Å². The van der Waals surface area contributed by atoms with E-state index >= 15 is 0 Å². The summed E-state index contributed by atoms with van der Waals surface area (Å²) >= 11 is 0. The van der Waals surface area contributed by atoms with Gasteiger partial charge in [-0.15, -0.1) is 0 Å². The third-order valence-corrected chi connectivity index (χ3v) is 4.01. The lowest BCUT2D eigenvalue weighted by atomic mass is 10.1. The molecule has 2 heterocycles. The van der Waals surface area contributed by atoms with Gasteiger partial charge in [-0.2, -0.15) is 0 Å². The Morgan fingerprint density at radius 2 is 2.21 bits per heavy atom. The predicted octanol–water partition coefficient (Wildman–Crippen LogP) is 2.28. The van der Waals surface area contributed by atoms with Crippen LogP contribution in [0.15, 0.2) is 36.7 Å². The molecule has 1 N–H and O–H groups in total. The van der Waals surface area contributed by atoms with Crippen LogP contribution in [0.2, 0.25) is 0 Å². The van der Waals surface area contributed by atoms with Crippen LogP contribution in [0.25, 0.3) is 10.8 Å². The first-order chi connectivity index (χ1) is 9.36. The molecule has 0 radical (unpaired) electrons. The maximum absolute atomic E-state index is 4.37. The van der Waals surface area contributed by atoms with Gasteiger partial charge in [-0.25, -0.2) is 0 Å². The highest BCUT2D eigenvalue weighted by molar-refractivity contribution is 5.84. The standard InChI is InChI=1S/C16H21N3/c1-17-8-13-6-7-19(11-13)12-15-10-18-9-14-4-2-3-5-16(14)15/h2-5,9-10,13,17H,6-8,11-12H2,1H3. The van der Waals surface area contributed by atoms with E-state index < -0.39 is 0 Å². The minimum atomic E-state index is 0.799. The number of aromatic nitrogens is 1. The lowest BCUT2D eigenvalue weighted by Gasteiger charge is -2.17. The zero-order valence-electron chi connectivity index (χ0n) is 11.5. The lowest BCUT2D eigenvalue weighted by Crippen LogP contribution is -2.24. The Labute approximate surface area is 114 Å². The van der Waals surface area contributed by atoms with Gasteiger partial charge in [-0.05, 0) is 43.4 Å². The number of pyridine rings is 1. The van der Waals surface area contributed by atoms with Crippen LogP contribution in [-0.2, 0) is 6.54 Å². The van der Waals surface area contributed by atoms with Gasteiger partial charge in [0.25, 0.3) is 0 Å². The number of nitrogens with zero attached hydrogens (tertiary/aromatic N) is 2. The fraction of sp³-hybridized carbons (Fsp3) is 0.438. The van der Waals surface area contributed by atoms with Crippen LogP contribution in [0.1, 0.15) is 12.0 Å². The topological polar surface area (TPSA) is 28.2 Å². The van der Waals surface area contributed by atoms with Gasteiger partial charge < -0.3 is 5.32 Å². The van der Waals surface area contributed by atoms with Crippen LogP contribution < -0.4 is 5.32 Å². The van der Waals surface area contributed by atoms with Gasteiger partial charge in [0.2, 0.25) is 0 Å². The van der Waals surface area contributed by atoms with E-state index in [1.54, 1.807) is 0 Å². The molecule has 1 aliphatic rings. The molecule has 0 amide bonds. The molecule has 1 aliphatic heterocycles. The average molecular weight is 255 g/mol. The van der Waals surface area contributed by atoms with Crippen molar-refractivity contribution in [1.82, 2.24) is 15.2 Å². The molecule has 1 fully saturated rings. The highest BCUT2D eigenvalue weighted by atomic mass is 15.1. The van der Waals surface area contributed by atoms with E-state index in [0.717, 1.165) is 19.0 Å². The van der Waals surface area contributed by atoms with Crippen LogP contribution >= 0.6 is 0 Å². The van der Waals surface area contributed by atoms with Crippen LogP contribution in [0.3, 0.4) is 0 Å². The number of fused-ring (bicyclic) bond motifs is 1. The molecule has 0 spiro atoms. The minimum absolute atomic E-state index is 0.799. The first kappa shape index (κ1) is 12.6. The van der Waals surface area contributed by atoms with E-state index in [-0.39, 0.29) is 0 Å². The Balaban J connectivity index is 1.75. The summed E-state index contributed by atoms with van der Waals surface area (Å²) in [4.78, 5) is 6.92. The van der Waals surface area contributed by atoms with Crippen molar-refractivity contribution in [2.24, 2.45) is 5.92 Å². The maximum Gasteiger partial charge on any atom is 0.0346 e. The van der Waals surface area contributed by atoms with Crippen LogP contribution in [0.4, 0.5) is 0 Å². The van der Waals surface area contributed by atoms with Gasteiger partial charge in [0.05, 0.1) is 0 Å². The zero-order valence-corrected chi connectivity index (χ0v) is 11.5. The molecule has 0 saturated carbocycles. The number of benzene rings is 1. The molecule has 3 rings (SSSR count). The number of hydrogen-bond donors (Lipinski definition) is 1. The number of rotatable bonds is 4.